The summed E-state index contributed by atoms with van der Waals surface area (Å²) in [5.74, 6) is -0.834. The van der Waals surface area contributed by atoms with Gasteiger partial charge in [0.25, 0.3) is 0 Å². The molecular weight excluding hydrogens is 1160 g/mol. The second-order valence-electron chi connectivity index (χ2n) is 25.1. The molecule has 0 bridgehead atoms. The van der Waals surface area contributed by atoms with E-state index in [9.17, 15) is 19.0 Å². The minimum Gasteiger partial charge on any atom is -0.462 e. The van der Waals surface area contributed by atoms with Crippen LogP contribution < -0.4 is 5.73 Å². The first-order valence-corrected chi connectivity index (χ1v) is 39.7. The molecule has 0 saturated carbocycles. The minimum atomic E-state index is -4.41. The van der Waals surface area contributed by atoms with Gasteiger partial charge in [-0.2, -0.15) is 0 Å². The van der Waals surface area contributed by atoms with Gasteiger partial charge in [-0.25, -0.2) is 4.57 Å². The fourth-order valence-corrected chi connectivity index (χ4v) is 11.5. The van der Waals surface area contributed by atoms with Gasteiger partial charge in [0.1, 0.15) is 6.61 Å². The van der Waals surface area contributed by atoms with Crippen molar-refractivity contribution in [3.05, 3.63) is 134 Å². The molecule has 0 radical (unpaired) electrons. The van der Waals surface area contributed by atoms with E-state index in [0.717, 1.165) is 116 Å². The van der Waals surface area contributed by atoms with Crippen LogP contribution in [0.1, 0.15) is 341 Å². The van der Waals surface area contributed by atoms with Gasteiger partial charge in [-0.3, -0.25) is 18.6 Å². The fraction of sp³-hybridized carbons (Fsp3) is 0.707. The smallest absolute Gasteiger partial charge is 0.462 e. The van der Waals surface area contributed by atoms with E-state index in [1.807, 2.05) is 0 Å². The number of hydrogen-bond acceptors (Lipinski definition) is 8. The lowest BCUT2D eigenvalue weighted by Gasteiger charge is -2.19. The summed E-state index contributed by atoms with van der Waals surface area (Å²) >= 11 is 0. The maximum atomic E-state index is 12.8. The van der Waals surface area contributed by atoms with Gasteiger partial charge < -0.3 is 20.1 Å². The van der Waals surface area contributed by atoms with Crippen molar-refractivity contribution in [3.8, 4) is 0 Å². The molecule has 10 heteroatoms. The van der Waals surface area contributed by atoms with Crippen LogP contribution in [0.4, 0.5) is 0 Å². The van der Waals surface area contributed by atoms with Crippen LogP contribution in [-0.4, -0.2) is 49.3 Å². The molecule has 0 rings (SSSR count). The Hall–Kier alpha value is -3.85. The summed E-state index contributed by atoms with van der Waals surface area (Å²) in [6.07, 6.45) is 109. The Kier molecular flexibility index (Phi) is 73.0. The van der Waals surface area contributed by atoms with Crippen LogP contribution in [0.15, 0.2) is 134 Å². The van der Waals surface area contributed by atoms with E-state index in [2.05, 4.69) is 148 Å². The molecule has 2 atom stereocenters. The van der Waals surface area contributed by atoms with Crippen molar-refractivity contribution < 1.29 is 37.6 Å². The van der Waals surface area contributed by atoms with Crippen molar-refractivity contribution in [2.75, 3.05) is 26.4 Å². The summed E-state index contributed by atoms with van der Waals surface area (Å²) < 4.78 is 33.2. The fourth-order valence-electron chi connectivity index (χ4n) is 10.7. The van der Waals surface area contributed by atoms with Crippen molar-refractivity contribution in [3.63, 3.8) is 0 Å². The number of allylic oxidation sites excluding steroid dienone is 22. The Balaban J connectivity index is 3.92. The SMILES string of the molecule is CC/C=C\C/C=C\C/C=C\C/C=C\C/C=C\C/C=C\C/C=C\C/C=C\C/C=C\C/C=C\C/C=C\CCCCCCCCCC(=O)OC(COC(=O)CCCCCCCCCCCCCCCCCCCCCCCCCCCCCCCC)COP(=O)(O)OCCN. The first-order chi connectivity index (χ1) is 45.3. The summed E-state index contributed by atoms with van der Waals surface area (Å²) in [6.45, 7) is 3.65. The van der Waals surface area contributed by atoms with Crippen LogP contribution in [0.25, 0.3) is 0 Å². The van der Waals surface area contributed by atoms with Crippen molar-refractivity contribution in [1.82, 2.24) is 0 Å². The van der Waals surface area contributed by atoms with Gasteiger partial charge in [-0.15, -0.1) is 0 Å². The van der Waals surface area contributed by atoms with Gasteiger partial charge in [0.15, 0.2) is 6.10 Å². The Morgan fingerprint density at radius 3 is 0.891 bits per heavy atom. The Morgan fingerprint density at radius 1 is 0.337 bits per heavy atom. The molecular formula is C82H142NO8P. The Bertz CT molecular complexity index is 1980. The van der Waals surface area contributed by atoms with Crippen LogP contribution in [0.5, 0.6) is 0 Å². The molecule has 0 aromatic rings. The predicted octanol–water partition coefficient (Wildman–Crippen LogP) is 25.6. The van der Waals surface area contributed by atoms with E-state index in [1.54, 1.807) is 0 Å². The molecule has 0 aliphatic rings. The van der Waals surface area contributed by atoms with E-state index >= 15 is 0 Å². The number of rotatable bonds is 71. The second kappa shape index (κ2) is 76.2. The Morgan fingerprint density at radius 2 is 0.598 bits per heavy atom. The maximum Gasteiger partial charge on any atom is 0.472 e. The first-order valence-electron chi connectivity index (χ1n) is 38.2. The van der Waals surface area contributed by atoms with Gasteiger partial charge in [0, 0.05) is 19.4 Å². The molecule has 0 aliphatic carbocycles. The van der Waals surface area contributed by atoms with Crippen molar-refractivity contribution in [2.45, 2.75) is 347 Å². The second-order valence-corrected chi connectivity index (χ2v) is 26.6. The number of carbonyl (C=O) groups is 2. The number of carbonyl (C=O) groups excluding carboxylic acids is 2. The average molecular weight is 1300 g/mol. The summed E-state index contributed by atoms with van der Waals surface area (Å²) in [5.41, 5.74) is 5.41. The predicted molar refractivity (Wildman–Crippen MR) is 399 cm³/mol. The number of phosphoric ester groups is 1. The molecule has 0 aliphatic heterocycles. The highest BCUT2D eigenvalue weighted by Gasteiger charge is 2.26. The van der Waals surface area contributed by atoms with Crippen molar-refractivity contribution in [1.29, 1.82) is 0 Å². The lowest BCUT2D eigenvalue weighted by atomic mass is 10.0. The van der Waals surface area contributed by atoms with Gasteiger partial charge >= 0.3 is 19.8 Å². The summed E-state index contributed by atoms with van der Waals surface area (Å²) in [4.78, 5) is 35.4. The highest BCUT2D eigenvalue weighted by atomic mass is 31.2. The van der Waals surface area contributed by atoms with Crippen LogP contribution in [-0.2, 0) is 32.7 Å². The topological polar surface area (TPSA) is 134 Å². The summed E-state index contributed by atoms with van der Waals surface area (Å²) in [7, 11) is -4.41. The van der Waals surface area contributed by atoms with E-state index < -0.39 is 26.5 Å². The number of hydrogen-bond donors (Lipinski definition) is 2. The number of unbranched alkanes of at least 4 members (excludes halogenated alkanes) is 36. The molecule has 0 aromatic heterocycles. The number of esters is 2. The van der Waals surface area contributed by atoms with Crippen LogP contribution in [0.2, 0.25) is 0 Å². The molecule has 92 heavy (non-hydrogen) atoms. The molecule has 2 unspecified atom stereocenters. The number of nitrogens with two attached hydrogens (primary N) is 1. The van der Waals surface area contributed by atoms with Gasteiger partial charge in [0.05, 0.1) is 13.2 Å². The molecule has 528 valence electrons. The van der Waals surface area contributed by atoms with Gasteiger partial charge in [-0.1, -0.05) is 366 Å². The normalized spacial score (nSPS) is 13.7. The van der Waals surface area contributed by atoms with Crippen LogP contribution >= 0.6 is 7.82 Å². The lowest BCUT2D eigenvalue weighted by Crippen LogP contribution is -2.29. The largest absolute Gasteiger partial charge is 0.472 e. The zero-order valence-corrected chi connectivity index (χ0v) is 60.4. The molecule has 0 aromatic carbocycles. The molecule has 3 N–H and O–H groups in total. The van der Waals surface area contributed by atoms with Gasteiger partial charge in [-0.05, 0) is 96.3 Å². The van der Waals surface area contributed by atoms with Crippen molar-refractivity contribution >= 4 is 19.8 Å². The highest BCUT2D eigenvalue weighted by molar-refractivity contribution is 7.47. The number of ether oxygens (including phenoxy) is 2. The summed E-state index contributed by atoms with van der Waals surface area (Å²) in [5, 5.41) is 0. The maximum absolute atomic E-state index is 12.8. The third-order valence-corrected chi connectivity index (χ3v) is 17.3. The molecule has 0 fully saturated rings. The molecule has 0 spiro atoms. The first kappa shape index (κ1) is 88.2. The van der Waals surface area contributed by atoms with E-state index in [1.165, 1.54) is 193 Å². The molecule has 0 saturated heterocycles. The standard InChI is InChI=1S/C82H142NO8P/c1-3-5-7-9-11-13-15-17-19-21-23-25-27-29-31-33-35-36-37-38-39-40-41-42-43-44-45-47-49-51-53-55-57-59-61-63-65-67-69-71-73-75-82(85)91-80(79-90-92(86,87)89-77-76-83)78-88-81(84)74-72-70-68-66-64-62-60-58-56-54-52-50-48-46-34-32-30-28-26-24-22-20-18-16-14-12-10-8-6-4-2/h5,7,11,13,17,19,23,25,29,31,35-36,38-39,41-42,44-45,49,51,55,57,80H,3-4,6,8-10,12,14-16,18,20-22,24,26-28,30,32-34,37,40,43,46-48,50,52-54,56,58-79,83H2,1-2H3,(H,86,87)/b7-5-,13-11-,19-17-,25-23-,31-29-,36-35-,39-38-,42-41-,45-44-,51-49-,57-55-. The number of phosphoric acid groups is 1. The third kappa shape index (κ3) is 75.2. The van der Waals surface area contributed by atoms with Crippen LogP contribution in [0, 0.1) is 0 Å². The Labute approximate surface area is 567 Å². The summed E-state index contributed by atoms with van der Waals surface area (Å²) in [6, 6.07) is 0. The van der Waals surface area contributed by atoms with E-state index in [-0.39, 0.29) is 38.6 Å². The third-order valence-electron chi connectivity index (χ3n) is 16.3. The minimum absolute atomic E-state index is 0.0470. The zero-order valence-electron chi connectivity index (χ0n) is 59.5. The average Bonchev–Trinajstić information content (AvgIpc) is 2.98. The van der Waals surface area contributed by atoms with E-state index in [0.29, 0.717) is 6.42 Å². The van der Waals surface area contributed by atoms with Gasteiger partial charge in [0.2, 0.25) is 0 Å². The highest BCUT2D eigenvalue weighted by Crippen LogP contribution is 2.43. The molecule has 0 heterocycles. The molecule has 0 amide bonds. The zero-order chi connectivity index (χ0) is 66.5. The molecule has 9 nitrogen and oxygen atoms in total. The lowest BCUT2D eigenvalue weighted by molar-refractivity contribution is -0.161. The monoisotopic (exact) mass is 1300 g/mol. The quantitative estimate of drug-likeness (QED) is 0.0264. The van der Waals surface area contributed by atoms with Crippen molar-refractivity contribution in [2.24, 2.45) is 5.73 Å². The van der Waals surface area contributed by atoms with E-state index in [4.69, 9.17) is 24.3 Å². The van der Waals surface area contributed by atoms with Crippen LogP contribution in [0.3, 0.4) is 0 Å².